The monoisotopic (exact) mass is 290 g/mol. The number of alkyl carbamates (subject to hydrolysis) is 1. The van der Waals surface area contributed by atoms with Gasteiger partial charge < -0.3 is 15.2 Å². The summed E-state index contributed by atoms with van der Waals surface area (Å²) in [6.07, 6.45) is -0.622. The highest BCUT2D eigenvalue weighted by atomic mass is 16.5. The van der Waals surface area contributed by atoms with Gasteiger partial charge in [-0.15, -0.1) is 0 Å². The van der Waals surface area contributed by atoms with Gasteiger partial charge in [0.05, 0.1) is 6.54 Å². The molecule has 0 aliphatic heterocycles. The van der Waals surface area contributed by atoms with E-state index in [0.29, 0.717) is 0 Å². The van der Waals surface area contributed by atoms with E-state index in [4.69, 9.17) is 9.84 Å². The number of carbonyl (C=O) groups excluding carboxylic acids is 1. The lowest BCUT2D eigenvalue weighted by atomic mass is 10.2. The second-order valence-corrected chi connectivity index (χ2v) is 4.20. The van der Waals surface area contributed by atoms with Gasteiger partial charge in [0.2, 0.25) is 5.82 Å². The number of carboxylic acid groups (broad SMARTS) is 1. The van der Waals surface area contributed by atoms with E-state index in [0.717, 1.165) is 10.2 Å². The third kappa shape index (κ3) is 4.03. The van der Waals surface area contributed by atoms with Crippen molar-refractivity contribution in [3.8, 4) is 0 Å². The first-order valence-corrected chi connectivity index (χ1v) is 6.14. The highest BCUT2D eigenvalue weighted by molar-refractivity contribution is 5.83. The van der Waals surface area contributed by atoms with Crippen LogP contribution in [-0.2, 0) is 24.9 Å². The molecule has 0 aliphatic carbocycles. The van der Waals surface area contributed by atoms with Crippen molar-refractivity contribution >= 4 is 12.1 Å². The molecule has 8 nitrogen and oxygen atoms in total. The molecule has 110 valence electrons. The van der Waals surface area contributed by atoms with Crippen LogP contribution in [0.4, 0.5) is 4.79 Å². The molecule has 1 aromatic carbocycles. The third-order valence-electron chi connectivity index (χ3n) is 2.60. The second-order valence-electron chi connectivity index (χ2n) is 4.20. The summed E-state index contributed by atoms with van der Waals surface area (Å²) in [7, 11) is 1.47. The van der Waals surface area contributed by atoms with Crippen LogP contribution in [0, 0.1) is 0 Å². The van der Waals surface area contributed by atoms with E-state index in [9.17, 15) is 9.59 Å². The number of hydrogen-bond donors (Lipinski definition) is 2. The Balaban J connectivity index is 1.81. The van der Waals surface area contributed by atoms with Gasteiger partial charge in [-0.1, -0.05) is 30.3 Å². The lowest BCUT2D eigenvalue weighted by Crippen LogP contribution is -2.24. The molecule has 21 heavy (non-hydrogen) atoms. The van der Waals surface area contributed by atoms with Crippen LogP contribution in [0.3, 0.4) is 0 Å². The van der Waals surface area contributed by atoms with E-state index in [-0.39, 0.29) is 24.8 Å². The number of amides is 1. The number of aromatic carboxylic acids is 1. The maximum Gasteiger partial charge on any atom is 0.407 e. The van der Waals surface area contributed by atoms with Crippen molar-refractivity contribution in [1.82, 2.24) is 20.1 Å². The summed E-state index contributed by atoms with van der Waals surface area (Å²) < 4.78 is 6.14. The Morgan fingerprint density at radius 2 is 2.05 bits per heavy atom. The zero-order valence-electron chi connectivity index (χ0n) is 11.3. The van der Waals surface area contributed by atoms with Crippen LogP contribution < -0.4 is 5.32 Å². The molecule has 8 heteroatoms. The number of carboxylic acids is 1. The smallest absolute Gasteiger partial charge is 0.407 e. The van der Waals surface area contributed by atoms with Gasteiger partial charge >= 0.3 is 12.1 Å². The molecule has 2 N–H and O–H groups in total. The van der Waals surface area contributed by atoms with Crippen molar-refractivity contribution < 1.29 is 19.4 Å². The molecule has 2 rings (SSSR count). The Labute approximate surface area is 120 Å². The van der Waals surface area contributed by atoms with Crippen molar-refractivity contribution in [2.45, 2.75) is 13.2 Å². The van der Waals surface area contributed by atoms with Crippen molar-refractivity contribution in [2.24, 2.45) is 7.05 Å². The van der Waals surface area contributed by atoms with E-state index in [1.807, 2.05) is 30.3 Å². The van der Waals surface area contributed by atoms with Gasteiger partial charge in [0.25, 0.3) is 0 Å². The molecular weight excluding hydrogens is 276 g/mol. The molecule has 0 saturated heterocycles. The first-order chi connectivity index (χ1) is 10.1. The van der Waals surface area contributed by atoms with E-state index in [1.54, 1.807) is 0 Å². The molecule has 0 unspecified atom stereocenters. The van der Waals surface area contributed by atoms with Crippen molar-refractivity contribution in [3.63, 3.8) is 0 Å². The van der Waals surface area contributed by atoms with Crippen molar-refractivity contribution in [2.75, 3.05) is 0 Å². The number of carbonyl (C=O) groups is 2. The van der Waals surface area contributed by atoms with Gasteiger partial charge in [-0.3, -0.25) is 0 Å². The number of aryl methyl sites for hydroxylation is 1. The van der Waals surface area contributed by atoms with Crippen LogP contribution in [0.25, 0.3) is 0 Å². The minimum Gasteiger partial charge on any atom is -0.475 e. The van der Waals surface area contributed by atoms with Gasteiger partial charge in [-0.05, 0) is 5.56 Å². The van der Waals surface area contributed by atoms with Crippen molar-refractivity contribution in [1.29, 1.82) is 0 Å². The first kappa shape index (κ1) is 14.5. The molecule has 0 atom stereocenters. The Morgan fingerprint density at radius 1 is 1.33 bits per heavy atom. The molecule has 1 heterocycles. The molecule has 2 aromatic rings. The molecule has 0 saturated carbocycles. The van der Waals surface area contributed by atoms with Gasteiger partial charge in [0.15, 0.2) is 5.82 Å². The fourth-order valence-corrected chi connectivity index (χ4v) is 1.62. The van der Waals surface area contributed by atoms with E-state index < -0.39 is 12.1 Å². The molecule has 0 fully saturated rings. The quantitative estimate of drug-likeness (QED) is 0.848. The molecule has 0 bridgehead atoms. The Bertz CT molecular complexity index is 639. The van der Waals surface area contributed by atoms with Crippen LogP contribution in [0.5, 0.6) is 0 Å². The van der Waals surface area contributed by atoms with Gasteiger partial charge in [0, 0.05) is 7.05 Å². The highest BCUT2D eigenvalue weighted by Crippen LogP contribution is 2.01. The highest BCUT2D eigenvalue weighted by Gasteiger charge is 2.14. The Hall–Kier alpha value is -2.90. The first-order valence-electron chi connectivity index (χ1n) is 6.14. The lowest BCUT2D eigenvalue weighted by Gasteiger charge is -2.05. The Kier molecular flexibility index (Phi) is 4.50. The maximum atomic E-state index is 11.5. The van der Waals surface area contributed by atoms with Crippen molar-refractivity contribution in [3.05, 3.63) is 47.5 Å². The summed E-state index contributed by atoms with van der Waals surface area (Å²) in [6, 6.07) is 9.25. The predicted octanol–water partition coefficient (Wildman–Crippen LogP) is 0.940. The summed E-state index contributed by atoms with van der Waals surface area (Å²) in [5.41, 5.74) is 0.872. The summed E-state index contributed by atoms with van der Waals surface area (Å²) in [4.78, 5) is 26.1. The normalized spacial score (nSPS) is 10.1. The zero-order chi connectivity index (χ0) is 15.2. The van der Waals surface area contributed by atoms with E-state index >= 15 is 0 Å². The second kappa shape index (κ2) is 6.51. The summed E-state index contributed by atoms with van der Waals surface area (Å²) in [5.74, 6) is -1.17. The fraction of sp³-hybridized carbons (Fsp3) is 0.231. The van der Waals surface area contributed by atoms with E-state index in [2.05, 4.69) is 15.4 Å². The summed E-state index contributed by atoms with van der Waals surface area (Å²) in [6.45, 7) is 0.150. The average molecular weight is 290 g/mol. The number of benzene rings is 1. The van der Waals surface area contributed by atoms with Gasteiger partial charge in [-0.2, -0.15) is 5.10 Å². The Morgan fingerprint density at radius 3 is 2.67 bits per heavy atom. The number of aromatic nitrogens is 3. The minimum atomic E-state index is -1.18. The van der Waals surface area contributed by atoms with Gasteiger partial charge in [-0.25, -0.2) is 19.3 Å². The molecule has 0 radical (unpaired) electrons. The number of hydrogen-bond acceptors (Lipinski definition) is 5. The number of nitrogens with zero attached hydrogens (tertiary/aromatic N) is 3. The number of rotatable bonds is 5. The SMILES string of the molecule is Cn1nc(CNC(=O)OCc2ccccc2)nc1C(=O)O. The number of ether oxygens (including phenoxy) is 1. The minimum absolute atomic E-state index is 0.00522. The van der Waals surface area contributed by atoms with Crippen LogP contribution in [-0.4, -0.2) is 31.9 Å². The largest absolute Gasteiger partial charge is 0.475 e. The molecule has 0 aliphatic rings. The average Bonchev–Trinajstić information content (AvgIpc) is 2.85. The topological polar surface area (TPSA) is 106 Å². The number of nitrogens with one attached hydrogen (secondary N) is 1. The van der Waals surface area contributed by atoms with Crippen LogP contribution >= 0.6 is 0 Å². The fourth-order valence-electron chi connectivity index (χ4n) is 1.62. The standard InChI is InChI=1S/C13H14N4O4/c1-17-11(12(18)19)15-10(16-17)7-14-13(20)21-8-9-5-3-2-4-6-9/h2-6H,7-8H2,1H3,(H,14,20)(H,18,19). The molecule has 1 amide bonds. The van der Waals surface area contributed by atoms with E-state index in [1.165, 1.54) is 7.05 Å². The molecular formula is C13H14N4O4. The maximum absolute atomic E-state index is 11.5. The third-order valence-corrected chi connectivity index (χ3v) is 2.60. The molecule has 0 spiro atoms. The van der Waals surface area contributed by atoms with Crippen LogP contribution in [0.15, 0.2) is 30.3 Å². The van der Waals surface area contributed by atoms with Crippen LogP contribution in [0.2, 0.25) is 0 Å². The molecule has 1 aromatic heterocycles. The summed E-state index contributed by atoms with van der Waals surface area (Å²) >= 11 is 0. The zero-order valence-corrected chi connectivity index (χ0v) is 11.3. The summed E-state index contributed by atoms with van der Waals surface area (Å²) in [5, 5.41) is 15.2. The lowest BCUT2D eigenvalue weighted by molar-refractivity contribution is 0.0678. The van der Waals surface area contributed by atoms with Gasteiger partial charge in [0.1, 0.15) is 6.61 Å². The van der Waals surface area contributed by atoms with Crippen LogP contribution in [0.1, 0.15) is 22.0 Å². The predicted molar refractivity (Wildman–Crippen MR) is 71.4 cm³/mol.